The number of aromatic nitrogens is 3. The van der Waals surface area contributed by atoms with Gasteiger partial charge in [0.15, 0.2) is 15.5 Å². The fourth-order valence-electron chi connectivity index (χ4n) is 3.95. The third kappa shape index (κ3) is 4.19. The molecule has 0 bridgehead atoms. The number of rotatable bonds is 5. The Hall–Kier alpha value is -3.72. The zero-order chi connectivity index (χ0) is 23.2. The summed E-state index contributed by atoms with van der Waals surface area (Å²) in [7, 11) is -3.32. The van der Waals surface area contributed by atoms with Crippen molar-refractivity contribution in [3.63, 3.8) is 0 Å². The summed E-state index contributed by atoms with van der Waals surface area (Å²) in [6.45, 7) is 3.74. The monoisotopic (exact) mass is 461 g/mol. The maximum absolute atomic E-state index is 12.5. The molecule has 168 valence electrons. The average molecular weight is 462 g/mol. The Morgan fingerprint density at radius 3 is 2.52 bits per heavy atom. The van der Waals surface area contributed by atoms with Crippen LogP contribution >= 0.6 is 0 Å². The number of likely N-dealkylation sites (tertiary alicyclic amines) is 1. The van der Waals surface area contributed by atoms with Crippen molar-refractivity contribution in [2.75, 3.05) is 24.7 Å². The number of pyridine rings is 1. The number of sulfone groups is 1. The van der Waals surface area contributed by atoms with E-state index in [0.29, 0.717) is 23.1 Å². The molecule has 0 unspecified atom stereocenters. The minimum absolute atomic E-state index is 0.0477. The molecule has 1 amide bonds. The first-order valence-corrected chi connectivity index (χ1v) is 12.5. The van der Waals surface area contributed by atoms with Crippen LogP contribution in [0.5, 0.6) is 0 Å². The highest BCUT2D eigenvalue weighted by molar-refractivity contribution is 7.90. The largest absolute Gasteiger partial charge is 0.338 e. The van der Waals surface area contributed by atoms with Crippen LogP contribution in [0.15, 0.2) is 71.8 Å². The van der Waals surface area contributed by atoms with E-state index in [2.05, 4.69) is 22.3 Å². The van der Waals surface area contributed by atoms with Crippen LogP contribution in [-0.2, 0) is 9.84 Å². The first kappa shape index (κ1) is 21.1. The number of hydrogen-bond donors (Lipinski definition) is 1. The van der Waals surface area contributed by atoms with E-state index < -0.39 is 9.84 Å². The molecule has 2 aromatic carbocycles. The molecule has 3 heterocycles. The van der Waals surface area contributed by atoms with Gasteiger partial charge in [0.2, 0.25) is 5.95 Å². The molecule has 9 heteroatoms. The molecular formula is C24H23N5O3S. The molecule has 1 N–H and O–H groups in total. The van der Waals surface area contributed by atoms with Gasteiger partial charge >= 0.3 is 0 Å². The van der Waals surface area contributed by atoms with Gasteiger partial charge < -0.3 is 10.2 Å². The third-order valence-electron chi connectivity index (χ3n) is 5.67. The Morgan fingerprint density at radius 2 is 1.82 bits per heavy atom. The zero-order valence-corrected chi connectivity index (χ0v) is 19.1. The van der Waals surface area contributed by atoms with Crippen molar-refractivity contribution in [3.8, 4) is 11.1 Å². The topological polar surface area (TPSA) is 96.7 Å². The quantitative estimate of drug-likeness (QED) is 0.488. The predicted octanol–water partition coefficient (Wildman–Crippen LogP) is 3.64. The number of anilines is 2. The number of carbonyl (C=O) groups excluding carboxylic acids is 1. The van der Waals surface area contributed by atoms with Crippen LogP contribution in [0.25, 0.3) is 16.8 Å². The average Bonchev–Trinajstić information content (AvgIpc) is 3.19. The van der Waals surface area contributed by atoms with Crippen LogP contribution in [0, 0.1) is 5.92 Å². The number of hydrogen-bond acceptors (Lipinski definition) is 6. The van der Waals surface area contributed by atoms with Gasteiger partial charge in [-0.2, -0.15) is 4.98 Å². The zero-order valence-electron chi connectivity index (χ0n) is 18.3. The van der Waals surface area contributed by atoms with E-state index in [1.165, 1.54) is 6.26 Å². The minimum Gasteiger partial charge on any atom is -0.338 e. The van der Waals surface area contributed by atoms with Crippen molar-refractivity contribution in [2.24, 2.45) is 5.92 Å². The SMILES string of the molecule is CC1CN(C(=O)c2ccc(Nc3nc4c(-c5cccc(S(C)(=O)=O)c5)cccn4n3)cc2)C1. The molecule has 4 aromatic rings. The highest BCUT2D eigenvalue weighted by Gasteiger charge is 2.27. The first-order valence-electron chi connectivity index (χ1n) is 10.6. The van der Waals surface area contributed by atoms with E-state index in [0.717, 1.165) is 29.9 Å². The van der Waals surface area contributed by atoms with Crippen LogP contribution in [-0.4, -0.2) is 53.2 Å². The number of nitrogens with zero attached hydrogens (tertiary/aromatic N) is 4. The molecule has 1 fully saturated rings. The van der Waals surface area contributed by atoms with Gasteiger partial charge in [-0.1, -0.05) is 19.1 Å². The van der Waals surface area contributed by atoms with Gasteiger partial charge in [-0.25, -0.2) is 12.9 Å². The molecule has 8 nitrogen and oxygen atoms in total. The van der Waals surface area contributed by atoms with E-state index >= 15 is 0 Å². The maximum Gasteiger partial charge on any atom is 0.253 e. The number of benzene rings is 2. The number of carbonyl (C=O) groups is 1. The molecule has 0 radical (unpaired) electrons. The van der Waals surface area contributed by atoms with Crippen LogP contribution in [0.3, 0.4) is 0 Å². The van der Waals surface area contributed by atoms with E-state index in [9.17, 15) is 13.2 Å². The molecule has 33 heavy (non-hydrogen) atoms. The Kier molecular flexibility index (Phi) is 5.13. The normalized spacial score (nSPS) is 14.3. The van der Waals surface area contributed by atoms with Gasteiger partial charge in [0.25, 0.3) is 5.91 Å². The fourth-order valence-corrected chi connectivity index (χ4v) is 4.62. The Balaban J connectivity index is 1.40. The highest BCUT2D eigenvalue weighted by atomic mass is 32.2. The summed E-state index contributed by atoms with van der Waals surface area (Å²) < 4.78 is 25.6. The summed E-state index contributed by atoms with van der Waals surface area (Å²) in [6.07, 6.45) is 2.97. The summed E-state index contributed by atoms with van der Waals surface area (Å²) in [5.41, 5.74) is 3.53. The lowest BCUT2D eigenvalue weighted by atomic mass is 10.0. The predicted molar refractivity (Wildman–Crippen MR) is 126 cm³/mol. The van der Waals surface area contributed by atoms with Gasteiger partial charge in [0.1, 0.15) is 0 Å². The molecule has 0 spiro atoms. The van der Waals surface area contributed by atoms with Gasteiger partial charge in [-0.15, -0.1) is 5.10 Å². The second-order valence-corrected chi connectivity index (χ2v) is 10.5. The summed E-state index contributed by atoms with van der Waals surface area (Å²) in [6, 6.07) is 17.8. The molecule has 1 saturated heterocycles. The highest BCUT2D eigenvalue weighted by Crippen LogP contribution is 2.27. The van der Waals surface area contributed by atoms with Crippen molar-refractivity contribution in [1.29, 1.82) is 0 Å². The summed E-state index contributed by atoms with van der Waals surface area (Å²) in [4.78, 5) is 19.2. The Morgan fingerprint density at radius 1 is 1.06 bits per heavy atom. The van der Waals surface area contributed by atoms with Crippen LogP contribution in [0.2, 0.25) is 0 Å². The molecule has 2 aromatic heterocycles. The number of nitrogens with one attached hydrogen (secondary N) is 1. The lowest BCUT2D eigenvalue weighted by molar-refractivity contribution is 0.0530. The fraction of sp³-hybridized carbons (Fsp3) is 0.208. The summed E-state index contributed by atoms with van der Waals surface area (Å²) in [5, 5.41) is 7.66. The molecule has 1 aliphatic rings. The van der Waals surface area contributed by atoms with Crippen molar-refractivity contribution in [1.82, 2.24) is 19.5 Å². The molecule has 1 aliphatic heterocycles. The second-order valence-electron chi connectivity index (χ2n) is 8.44. The van der Waals surface area contributed by atoms with Crippen molar-refractivity contribution in [3.05, 3.63) is 72.4 Å². The lowest BCUT2D eigenvalue weighted by Crippen LogP contribution is -2.48. The van der Waals surface area contributed by atoms with Crippen molar-refractivity contribution >= 4 is 33.0 Å². The smallest absolute Gasteiger partial charge is 0.253 e. The van der Waals surface area contributed by atoms with Gasteiger partial charge in [0.05, 0.1) is 4.90 Å². The lowest BCUT2D eigenvalue weighted by Gasteiger charge is -2.37. The molecule has 0 aliphatic carbocycles. The first-order chi connectivity index (χ1) is 15.8. The third-order valence-corrected chi connectivity index (χ3v) is 6.79. The van der Waals surface area contributed by atoms with Crippen LogP contribution in [0.1, 0.15) is 17.3 Å². The Labute approximate surface area is 191 Å². The molecule has 0 saturated carbocycles. The van der Waals surface area contributed by atoms with E-state index in [1.54, 1.807) is 41.0 Å². The molecular weight excluding hydrogens is 438 g/mol. The van der Waals surface area contributed by atoms with E-state index in [4.69, 9.17) is 0 Å². The maximum atomic E-state index is 12.5. The molecule has 5 rings (SSSR count). The van der Waals surface area contributed by atoms with E-state index in [-0.39, 0.29) is 10.8 Å². The van der Waals surface area contributed by atoms with Crippen LogP contribution < -0.4 is 5.32 Å². The second kappa shape index (κ2) is 8.00. The van der Waals surface area contributed by atoms with Gasteiger partial charge in [-0.05, 0) is 60.0 Å². The molecule has 0 atom stereocenters. The number of amides is 1. The van der Waals surface area contributed by atoms with Crippen LogP contribution in [0.4, 0.5) is 11.6 Å². The summed E-state index contributed by atoms with van der Waals surface area (Å²) >= 11 is 0. The van der Waals surface area contributed by atoms with E-state index in [1.807, 2.05) is 35.2 Å². The summed E-state index contributed by atoms with van der Waals surface area (Å²) in [5.74, 6) is 1.01. The van der Waals surface area contributed by atoms with Gasteiger partial charge in [0, 0.05) is 42.4 Å². The number of fused-ring (bicyclic) bond motifs is 1. The Bertz CT molecular complexity index is 1460. The van der Waals surface area contributed by atoms with Crippen molar-refractivity contribution in [2.45, 2.75) is 11.8 Å². The van der Waals surface area contributed by atoms with Gasteiger partial charge in [-0.3, -0.25) is 4.79 Å². The van der Waals surface area contributed by atoms with Crippen molar-refractivity contribution < 1.29 is 13.2 Å². The standard InChI is InChI=1S/C24H23N5O3S/c1-16-14-28(15-16)23(30)17-8-10-19(11-9-17)25-24-26-22-21(7-4-12-29(22)27-24)18-5-3-6-20(13-18)33(2,31)32/h3-13,16H,14-15H2,1-2H3,(H,25,27). The minimum atomic E-state index is -3.32.